The maximum atomic E-state index is 15.1. The minimum absolute atomic E-state index is 0.0529. The van der Waals surface area contributed by atoms with Crippen molar-refractivity contribution in [2.24, 2.45) is 5.73 Å². The Balaban J connectivity index is 1.56. The highest BCUT2D eigenvalue weighted by Gasteiger charge is 2.25. The van der Waals surface area contributed by atoms with Crippen molar-refractivity contribution in [2.75, 3.05) is 18.0 Å². The van der Waals surface area contributed by atoms with Gasteiger partial charge >= 0.3 is 0 Å². The van der Waals surface area contributed by atoms with Crippen LogP contribution in [0.2, 0.25) is 0 Å². The number of nitrogens with one attached hydrogen (secondary N) is 1. The normalized spacial score (nSPS) is 20.0. The van der Waals surface area contributed by atoms with Gasteiger partial charge in [-0.1, -0.05) is 6.07 Å². The summed E-state index contributed by atoms with van der Waals surface area (Å²) in [6.45, 7) is 3.33. The van der Waals surface area contributed by atoms with Crippen molar-refractivity contribution < 1.29 is 14.0 Å². The number of rotatable bonds is 3. The van der Waals surface area contributed by atoms with Crippen LogP contribution in [-0.2, 0) is 4.79 Å². The van der Waals surface area contributed by atoms with Crippen LogP contribution in [0.1, 0.15) is 24.1 Å². The Labute approximate surface area is 194 Å². The van der Waals surface area contributed by atoms with Crippen molar-refractivity contribution in [2.45, 2.75) is 25.8 Å². The number of benzene rings is 1. The number of piperidine rings is 1. The molecule has 2 aromatic heterocycles. The average molecular weight is 464 g/mol. The van der Waals surface area contributed by atoms with Crippen molar-refractivity contribution in [1.82, 2.24) is 15.3 Å². The van der Waals surface area contributed by atoms with E-state index in [-0.39, 0.29) is 16.8 Å². The second-order valence-electron chi connectivity index (χ2n) is 8.29. The summed E-state index contributed by atoms with van der Waals surface area (Å²) in [5, 5.41) is 1.83. The number of hydrogen-bond acceptors (Lipinski definition) is 7. The Morgan fingerprint density at radius 2 is 2.09 bits per heavy atom. The van der Waals surface area contributed by atoms with Gasteiger partial charge in [0.1, 0.15) is 5.82 Å². The highest BCUT2D eigenvalue weighted by Crippen LogP contribution is 2.33. The van der Waals surface area contributed by atoms with E-state index in [0.29, 0.717) is 34.5 Å². The number of carbonyl (C=O) groups is 2. The molecule has 0 aliphatic carbocycles. The molecule has 5 rings (SSSR count). The Morgan fingerprint density at radius 3 is 2.82 bits per heavy atom. The van der Waals surface area contributed by atoms with Crippen molar-refractivity contribution in [1.29, 1.82) is 0 Å². The summed E-state index contributed by atoms with van der Waals surface area (Å²) in [5.41, 5.74) is 10.7. The van der Waals surface area contributed by atoms with Crippen LogP contribution < -0.4 is 16.0 Å². The molecule has 168 valence electrons. The maximum Gasteiger partial charge on any atom is 0.290 e. The van der Waals surface area contributed by atoms with E-state index < -0.39 is 11.1 Å². The number of carbonyl (C=O) groups excluding carboxylic acids is 2. The van der Waals surface area contributed by atoms with Crippen molar-refractivity contribution >= 4 is 45.7 Å². The number of anilines is 1. The van der Waals surface area contributed by atoms with E-state index in [0.717, 1.165) is 42.3 Å². The fourth-order valence-electron chi connectivity index (χ4n) is 4.33. The zero-order valence-electron chi connectivity index (χ0n) is 18.0. The highest BCUT2D eigenvalue weighted by molar-refractivity contribution is 8.18. The molecule has 9 heteroatoms. The van der Waals surface area contributed by atoms with Gasteiger partial charge in [0, 0.05) is 30.9 Å². The molecule has 3 N–H and O–H groups in total. The van der Waals surface area contributed by atoms with Crippen molar-refractivity contribution in [3.05, 3.63) is 58.5 Å². The fraction of sp³-hybridized carbons (Fsp3) is 0.250. The highest BCUT2D eigenvalue weighted by atomic mass is 32.2. The van der Waals surface area contributed by atoms with Gasteiger partial charge in [-0.3, -0.25) is 19.9 Å². The number of nitrogens with two attached hydrogens (primary N) is 1. The summed E-state index contributed by atoms with van der Waals surface area (Å²) in [7, 11) is 0. The van der Waals surface area contributed by atoms with E-state index in [1.54, 1.807) is 24.4 Å². The van der Waals surface area contributed by atoms with Crippen LogP contribution in [0.5, 0.6) is 0 Å². The average Bonchev–Trinajstić information content (AvgIpc) is 3.09. The minimum atomic E-state index is -0.439. The number of aromatic nitrogens is 2. The number of thioether (sulfide) groups is 1. The van der Waals surface area contributed by atoms with E-state index >= 15 is 4.39 Å². The summed E-state index contributed by atoms with van der Waals surface area (Å²) in [6, 6.07) is 8.86. The molecule has 0 radical (unpaired) electrons. The van der Waals surface area contributed by atoms with Gasteiger partial charge in [-0.05, 0) is 73.0 Å². The molecule has 7 nitrogen and oxygen atoms in total. The third-order valence-electron chi connectivity index (χ3n) is 5.88. The standard InChI is InChI=1S/C24H22FN5O2S/c1-13-9-16(11-20-23(31)29-24(32)33-20)28-22-17(6-7-27-21(13)22)14-4-5-19(18(25)10-14)30-8-2-3-15(26)12-30/h4-7,9-11,15H,2-3,8,12,26H2,1H3,(H,29,31,32)/t15-/m0/s1. The Morgan fingerprint density at radius 1 is 1.24 bits per heavy atom. The summed E-state index contributed by atoms with van der Waals surface area (Å²) in [6.07, 6.45) is 5.16. The first kappa shape index (κ1) is 21.5. The molecule has 1 atom stereocenters. The molecule has 1 aromatic carbocycles. The van der Waals surface area contributed by atoms with Gasteiger partial charge < -0.3 is 10.6 Å². The van der Waals surface area contributed by atoms with Crippen LogP contribution in [0.4, 0.5) is 14.9 Å². The maximum absolute atomic E-state index is 15.1. The molecule has 2 saturated heterocycles. The number of aryl methyl sites for hydroxylation is 1. The Bertz CT molecular complexity index is 1330. The first-order chi connectivity index (χ1) is 15.9. The SMILES string of the molecule is Cc1cc(C=C2SC(=O)NC2=O)nc2c(-c3ccc(N4CCC[C@H](N)C4)c(F)c3)ccnc12. The predicted octanol–water partition coefficient (Wildman–Crippen LogP) is 4.00. The molecular weight excluding hydrogens is 441 g/mol. The minimum Gasteiger partial charge on any atom is -0.368 e. The first-order valence-electron chi connectivity index (χ1n) is 10.7. The quantitative estimate of drug-likeness (QED) is 0.566. The van der Waals surface area contributed by atoms with Crippen molar-refractivity contribution in [3.8, 4) is 11.1 Å². The summed E-state index contributed by atoms with van der Waals surface area (Å²) in [4.78, 5) is 34.8. The topological polar surface area (TPSA) is 101 Å². The lowest BCUT2D eigenvalue weighted by Crippen LogP contribution is -2.43. The third-order valence-corrected chi connectivity index (χ3v) is 6.69. The van der Waals surface area contributed by atoms with Crippen LogP contribution in [0.25, 0.3) is 28.2 Å². The van der Waals surface area contributed by atoms with Crippen LogP contribution in [-0.4, -0.2) is 40.2 Å². The van der Waals surface area contributed by atoms with E-state index in [4.69, 9.17) is 10.7 Å². The van der Waals surface area contributed by atoms with Crippen LogP contribution >= 0.6 is 11.8 Å². The van der Waals surface area contributed by atoms with Crippen molar-refractivity contribution in [3.63, 3.8) is 0 Å². The second kappa shape index (κ2) is 8.57. The smallest absolute Gasteiger partial charge is 0.290 e. The lowest BCUT2D eigenvalue weighted by atomic mass is 10.0. The Kier molecular flexibility index (Phi) is 5.59. The fourth-order valence-corrected chi connectivity index (χ4v) is 5.00. The number of amides is 2. The van der Waals surface area contributed by atoms with Gasteiger partial charge in [-0.25, -0.2) is 9.37 Å². The van der Waals surface area contributed by atoms with Crippen LogP contribution in [0, 0.1) is 12.7 Å². The molecule has 2 fully saturated rings. The third kappa shape index (κ3) is 4.21. The molecule has 0 unspecified atom stereocenters. The van der Waals surface area contributed by atoms with Gasteiger partial charge in [0.25, 0.3) is 11.1 Å². The van der Waals surface area contributed by atoms with E-state index in [1.165, 1.54) is 6.07 Å². The zero-order valence-corrected chi connectivity index (χ0v) is 18.8. The van der Waals surface area contributed by atoms with E-state index in [9.17, 15) is 9.59 Å². The molecule has 0 saturated carbocycles. The van der Waals surface area contributed by atoms with E-state index in [2.05, 4.69) is 10.3 Å². The molecule has 0 spiro atoms. The molecule has 33 heavy (non-hydrogen) atoms. The Hall–Kier alpha value is -3.30. The second-order valence-corrected chi connectivity index (χ2v) is 9.30. The summed E-state index contributed by atoms with van der Waals surface area (Å²) in [5.74, 6) is -0.745. The van der Waals surface area contributed by atoms with Gasteiger partial charge in [-0.15, -0.1) is 0 Å². The molecule has 4 heterocycles. The summed E-state index contributed by atoms with van der Waals surface area (Å²) >= 11 is 0.840. The molecule has 2 amide bonds. The molecule has 0 bridgehead atoms. The van der Waals surface area contributed by atoms with Gasteiger partial charge in [0.05, 0.1) is 27.3 Å². The van der Waals surface area contributed by atoms with Crippen LogP contribution in [0.3, 0.4) is 0 Å². The number of imide groups is 1. The van der Waals surface area contributed by atoms with Crippen LogP contribution in [0.15, 0.2) is 41.4 Å². The zero-order chi connectivity index (χ0) is 23.1. The molecule has 2 aliphatic heterocycles. The molecule has 3 aromatic rings. The number of hydrogen-bond donors (Lipinski definition) is 2. The number of pyridine rings is 2. The monoisotopic (exact) mass is 463 g/mol. The summed E-state index contributed by atoms with van der Waals surface area (Å²) < 4.78 is 15.1. The lowest BCUT2D eigenvalue weighted by Gasteiger charge is -2.32. The largest absolute Gasteiger partial charge is 0.368 e. The lowest BCUT2D eigenvalue weighted by molar-refractivity contribution is -0.115. The predicted molar refractivity (Wildman–Crippen MR) is 128 cm³/mol. The molecule has 2 aliphatic rings. The van der Waals surface area contributed by atoms with Gasteiger partial charge in [0.15, 0.2) is 0 Å². The first-order valence-corrected chi connectivity index (χ1v) is 11.5. The van der Waals surface area contributed by atoms with E-state index in [1.807, 2.05) is 24.0 Å². The van der Waals surface area contributed by atoms with Gasteiger partial charge in [0.2, 0.25) is 0 Å². The number of halogens is 1. The van der Waals surface area contributed by atoms with Gasteiger partial charge in [-0.2, -0.15) is 0 Å². The number of fused-ring (bicyclic) bond motifs is 1. The number of nitrogens with zero attached hydrogens (tertiary/aromatic N) is 3. The molecular formula is C24H22FN5O2S.